The quantitative estimate of drug-likeness (QED) is 0.705. The largest absolute Gasteiger partial charge is 0.353 e. The van der Waals surface area contributed by atoms with E-state index in [1.165, 1.54) is 0 Å². The van der Waals surface area contributed by atoms with Crippen LogP contribution in [0.3, 0.4) is 0 Å². The predicted octanol–water partition coefficient (Wildman–Crippen LogP) is 2.94. The lowest BCUT2D eigenvalue weighted by molar-refractivity contribution is -0.124. The van der Waals surface area contributed by atoms with Crippen LogP contribution in [-0.4, -0.2) is 48.4 Å². The first kappa shape index (κ1) is 21.5. The van der Waals surface area contributed by atoms with E-state index >= 15 is 0 Å². The summed E-state index contributed by atoms with van der Waals surface area (Å²) in [4.78, 5) is 27.1. The third kappa shape index (κ3) is 7.04. The molecule has 0 radical (unpaired) electrons. The van der Waals surface area contributed by atoms with Crippen LogP contribution in [0.1, 0.15) is 45.0 Å². The van der Waals surface area contributed by atoms with Crippen molar-refractivity contribution in [3.63, 3.8) is 0 Å². The predicted molar refractivity (Wildman–Crippen MR) is 103 cm³/mol. The van der Waals surface area contributed by atoms with Crippen molar-refractivity contribution in [2.24, 2.45) is 5.92 Å². The Bertz CT molecular complexity index is 558. The average molecular weight is 368 g/mol. The molecule has 1 aromatic rings. The lowest BCUT2D eigenvalue weighted by atomic mass is 10.0. The number of likely N-dealkylation sites (N-methyl/N-ethyl adjacent to an activating group) is 1. The van der Waals surface area contributed by atoms with Gasteiger partial charge < -0.3 is 10.6 Å². The van der Waals surface area contributed by atoms with Gasteiger partial charge in [-0.2, -0.15) is 0 Å². The molecule has 140 valence electrons. The molecule has 0 aliphatic rings. The molecule has 0 heterocycles. The second kappa shape index (κ2) is 10.4. The van der Waals surface area contributed by atoms with Gasteiger partial charge in [0.15, 0.2) is 0 Å². The van der Waals surface area contributed by atoms with E-state index in [9.17, 15) is 9.59 Å². The Balaban J connectivity index is 2.61. The first-order chi connectivity index (χ1) is 11.8. The highest BCUT2D eigenvalue weighted by molar-refractivity contribution is 6.30. The van der Waals surface area contributed by atoms with Crippen LogP contribution < -0.4 is 10.6 Å². The monoisotopic (exact) mass is 367 g/mol. The van der Waals surface area contributed by atoms with Crippen LogP contribution in [0.2, 0.25) is 5.02 Å². The average Bonchev–Trinajstić information content (AvgIpc) is 2.56. The number of benzene rings is 1. The van der Waals surface area contributed by atoms with Gasteiger partial charge in [-0.05, 0) is 50.6 Å². The summed E-state index contributed by atoms with van der Waals surface area (Å²) in [5.41, 5.74) is 0.486. The molecule has 25 heavy (non-hydrogen) atoms. The first-order valence-electron chi connectivity index (χ1n) is 8.84. The molecule has 6 heteroatoms. The Morgan fingerprint density at radius 1 is 1.12 bits per heavy atom. The summed E-state index contributed by atoms with van der Waals surface area (Å²) in [5.74, 6) is -0.441. The number of nitrogens with one attached hydrogen (secondary N) is 2. The molecular weight excluding hydrogens is 338 g/mol. The summed E-state index contributed by atoms with van der Waals surface area (Å²) >= 11 is 5.84. The molecular formula is C19H30ClN3O2. The fourth-order valence-electron chi connectivity index (χ4n) is 2.57. The third-order valence-electron chi connectivity index (χ3n) is 4.18. The molecule has 1 unspecified atom stereocenters. The van der Waals surface area contributed by atoms with Crippen LogP contribution in [0.4, 0.5) is 0 Å². The highest BCUT2D eigenvalue weighted by atomic mass is 35.5. The maximum Gasteiger partial charge on any atom is 0.251 e. The Kier molecular flexibility index (Phi) is 8.93. The lowest BCUT2D eigenvalue weighted by Gasteiger charge is -2.26. The van der Waals surface area contributed by atoms with E-state index < -0.39 is 6.04 Å². The van der Waals surface area contributed by atoms with Gasteiger partial charge in [-0.15, -0.1) is 0 Å². The van der Waals surface area contributed by atoms with Crippen molar-refractivity contribution in [3.05, 3.63) is 34.9 Å². The molecule has 1 rings (SSSR count). The summed E-state index contributed by atoms with van der Waals surface area (Å²) < 4.78 is 0. The minimum Gasteiger partial charge on any atom is -0.353 e. The summed E-state index contributed by atoms with van der Waals surface area (Å²) in [6.45, 7) is 12.5. The van der Waals surface area contributed by atoms with E-state index in [4.69, 9.17) is 11.6 Å². The van der Waals surface area contributed by atoms with Gasteiger partial charge in [0.1, 0.15) is 6.04 Å². The Hall–Kier alpha value is -1.59. The van der Waals surface area contributed by atoms with Crippen LogP contribution in [0.5, 0.6) is 0 Å². The Labute approximate surface area is 156 Å². The zero-order chi connectivity index (χ0) is 19.0. The van der Waals surface area contributed by atoms with E-state index in [1.807, 2.05) is 13.8 Å². The number of carbonyl (C=O) groups is 2. The first-order valence-corrected chi connectivity index (χ1v) is 9.22. The van der Waals surface area contributed by atoms with Gasteiger partial charge in [0.25, 0.3) is 5.91 Å². The number of amides is 2. The second-order valence-electron chi connectivity index (χ2n) is 6.72. The van der Waals surface area contributed by atoms with Crippen molar-refractivity contribution < 1.29 is 9.59 Å². The third-order valence-corrected chi connectivity index (χ3v) is 4.43. The zero-order valence-electron chi connectivity index (χ0n) is 15.8. The molecule has 2 amide bonds. The van der Waals surface area contributed by atoms with Crippen molar-refractivity contribution in [2.75, 3.05) is 19.6 Å². The Morgan fingerprint density at radius 2 is 1.72 bits per heavy atom. The number of nitrogens with zero attached hydrogens (tertiary/aromatic N) is 1. The SMILES string of the molecule is CCN(CCNC(=O)C(NC(=O)c1ccc(Cl)cc1)C(C)C)C(C)C. The van der Waals surface area contributed by atoms with E-state index in [2.05, 4.69) is 36.3 Å². The molecule has 0 aromatic heterocycles. The number of carbonyl (C=O) groups excluding carboxylic acids is 2. The van der Waals surface area contributed by atoms with E-state index in [1.54, 1.807) is 24.3 Å². The molecule has 2 N–H and O–H groups in total. The fourth-order valence-corrected chi connectivity index (χ4v) is 2.70. The molecule has 0 bridgehead atoms. The minimum atomic E-state index is -0.572. The molecule has 1 atom stereocenters. The smallest absolute Gasteiger partial charge is 0.251 e. The molecule has 0 aliphatic heterocycles. The molecule has 0 spiro atoms. The maximum absolute atomic E-state index is 12.5. The van der Waals surface area contributed by atoms with Crippen molar-refractivity contribution in [2.45, 2.75) is 46.7 Å². The molecule has 0 saturated heterocycles. The van der Waals surface area contributed by atoms with E-state index in [-0.39, 0.29) is 17.7 Å². The van der Waals surface area contributed by atoms with E-state index in [0.717, 1.165) is 13.1 Å². The van der Waals surface area contributed by atoms with Gasteiger partial charge in [0, 0.05) is 29.7 Å². The summed E-state index contributed by atoms with van der Waals surface area (Å²) in [6, 6.07) is 6.48. The lowest BCUT2D eigenvalue weighted by Crippen LogP contribution is -2.51. The Morgan fingerprint density at radius 3 is 2.20 bits per heavy atom. The van der Waals surface area contributed by atoms with Gasteiger partial charge in [0.2, 0.25) is 5.91 Å². The highest BCUT2D eigenvalue weighted by Gasteiger charge is 2.24. The van der Waals surface area contributed by atoms with Crippen molar-refractivity contribution in [1.29, 1.82) is 0 Å². The van der Waals surface area contributed by atoms with Gasteiger partial charge in [0.05, 0.1) is 0 Å². The molecule has 1 aromatic carbocycles. The minimum absolute atomic E-state index is 0.0105. The van der Waals surface area contributed by atoms with Crippen molar-refractivity contribution >= 4 is 23.4 Å². The fraction of sp³-hybridized carbons (Fsp3) is 0.579. The van der Waals surface area contributed by atoms with Gasteiger partial charge in [-0.25, -0.2) is 0 Å². The van der Waals surface area contributed by atoms with Crippen LogP contribution >= 0.6 is 11.6 Å². The molecule has 0 aliphatic carbocycles. The molecule has 0 saturated carbocycles. The van der Waals surface area contributed by atoms with Crippen LogP contribution in [0.25, 0.3) is 0 Å². The van der Waals surface area contributed by atoms with Gasteiger partial charge in [-0.1, -0.05) is 32.4 Å². The highest BCUT2D eigenvalue weighted by Crippen LogP contribution is 2.10. The summed E-state index contributed by atoms with van der Waals surface area (Å²) in [6.07, 6.45) is 0. The standard InChI is InChI=1S/C19H30ClN3O2/c1-6-23(14(4)5)12-11-21-19(25)17(13(2)3)22-18(24)15-7-9-16(20)10-8-15/h7-10,13-14,17H,6,11-12H2,1-5H3,(H,21,25)(H,22,24). The van der Waals surface area contributed by atoms with Gasteiger partial charge >= 0.3 is 0 Å². The van der Waals surface area contributed by atoms with E-state index in [0.29, 0.717) is 23.2 Å². The van der Waals surface area contributed by atoms with Crippen molar-refractivity contribution in [3.8, 4) is 0 Å². The topological polar surface area (TPSA) is 61.4 Å². The molecule has 0 fully saturated rings. The second-order valence-corrected chi connectivity index (χ2v) is 7.15. The van der Waals surface area contributed by atoms with Crippen LogP contribution in [-0.2, 0) is 4.79 Å². The van der Waals surface area contributed by atoms with Crippen LogP contribution in [0, 0.1) is 5.92 Å². The van der Waals surface area contributed by atoms with Gasteiger partial charge in [-0.3, -0.25) is 14.5 Å². The zero-order valence-corrected chi connectivity index (χ0v) is 16.6. The molecule has 5 nitrogen and oxygen atoms in total. The van der Waals surface area contributed by atoms with Crippen molar-refractivity contribution in [1.82, 2.24) is 15.5 Å². The number of hydrogen-bond acceptors (Lipinski definition) is 3. The number of halogens is 1. The normalized spacial score (nSPS) is 12.5. The number of rotatable bonds is 9. The summed E-state index contributed by atoms with van der Waals surface area (Å²) in [7, 11) is 0. The maximum atomic E-state index is 12.5. The number of hydrogen-bond donors (Lipinski definition) is 2. The summed E-state index contributed by atoms with van der Waals surface area (Å²) in [5, 5.41) is 6.32. The van der Waals surface area contributed by atoms with Crippen LogP contribution in [0.15, 0.2) is 24.3 Å².